The lowest BCUT2D eigenvalue weighted by Gasteiger charge is -2.47. The van der Waals surface area contributed by atoms with E-state index in [9.17, 15) is 0 Å². The molecule has 1 atom stereocenters. The van der Waals surface area contributed by atoms with Crippen molar-refractivity contribution in [3.05, 3.63) is 6.42 Å². The van der Waals surface area contributed by atoms with Crippen LogP contribution in [0.15, 0.2) is 0 Å². The maximum absolute atomic E-state index is 5.37. The number of ether oxygens (including phenoxy) is 1. The van der Waals surface area contributed by atoms with Gasteiger partial charge in [-0.15, -0.1) is 0 Å². The summed E-state index contributed by atoms with van der Waals surface area (Å²) in [4.78, 5) is 0. The molecule has 0 aromatic heterocycles. The zero-order valence-electron chi connectivity index (χ0n) is 5.59. The van der Waals surface area contributed by atoms with Gasteiger partial charge in [0.2, 0.25) is 0 Å². The van der Waals surface area contributed by atoms with E-state index in [1.807, 2.05) is 11.8 Å². The second-order valence-corrected chi connectivity index (χ2v) is 4.12. The molecule has 2 heterocycles. The Morgan fingerprint density at radius 2 is 2.33 bits per heavy atom. The van der Waals surface area contributed by atoms with Crippen molar-refractivity contribution in [3.8, 4) is 0 Å². The van der Waals surface area contributed by atoms with E-state index in [4.69, 9.17) is 4.74 Å². The van der Waals surface area contributed by atoms with Crippen molar-refractivity contribution in [2.24, 2.45) is 5.41 Å². The number of rotatable bonds is 1. The van der Waals surface area contributed by atoms with Crippen LogP contribution in [-0.4, -0.2) is 24.2 Å². The summed E-state index contributed by atoms with van der Waals surface area (Å²) in [5, 5.41) is 0. The van der Waals surface area contributed by atoms with Gasteiger partial charge >= 0.3 is 0 Å². The molecule has 2 fully saturated rings. The monoisotopic (exact) mass is 143 g/mol. The average Bonchev–Trinajstić information content (AvgIpc) is 1.56. The van der Waals surface area contributed by atoms with Gasteiger partial charge < -0.3 is 4.74 Å². The van der Waals surface area contributed by atoms with Gasteiger partial charge in [-0.1, -0.05) is 6.92 Å². The Kier molecular flexibility index (Phi) is 1.27. The highest BCUT2D eigenvalue weighted by molar-refractivity contribution is 8.00. The van der Waals surface area contributed by atoms with Crippen molar-refractivity contribution in [2.75, 3.05) is 18.1 Å². The first kappa shape index (κ1) is 6.05. The third kappa shape index (κ3) is 0.802. The van der Waals surface area contributed by atoms with Gasteiger partial charge in [-0.3, -0.25) is 0 Å². The Bertz CT molecular complexity index is 116. The van der Waals surface area contributed by atoms with Gasteiger partial charge in [-0.25, -0.2) is 0 Å². The molecular formula is C7H11OS. The molecule has 1 unspecified atom stereocenters. The van der Waals surface area contributed by atoms with Crippen LogP contribution >= 0.6 is 11.8 Å². The van der Waals surface area contributed by atoms with Crippen molar-refractivity contribution >= 4 is 11.8 Å². The molecule has 2 aliphatic heterocycles. The van der Waals surface area contributed by atoms with Crippen molar-refractivity contribution < 1.29 is 4.74 Å². The first-order valence-corrected chi connectivity index (χ1v) is 4.49. The van der Waals surface area contributed by atoms with E-state index in [2.05, 4.69) is 13.3 Å². The smallest absolute Gasteiger partial charge is 0.0699 e. The van der Waals surface area contributed by atoms with E-state index in [1.165, 1.54) is 11.5 Å². The van der Waals surface area contributed by atoms with Gasteiger partial charge in [0.25, 0.3) is 0 Å². The fraction of sp³-hybridized carbons (Fsp3) is 0.857. The fourth-order valence-corrected chi connectivity index (χ4v) is 2.44. The molecular weight excluding hydrogens is 132 g/mol. The predicted molar refractivity (Wildman–Crippen MR) is 39.5 cm³/mol. The van der Waals surface area contributed by atoms with Gasteiger partial charge in [0.15, 0.2) is 0 Å². The lowest BCUT2D eigenvalue weighted by molar-refractivity contribution is -0.0566. The van der Waals surface area contributed by atoms with E-state index in [0.29, 0.717) is 11.5 Å². The normalized spacial score (nSPS) is 39.0. The molecule has 2 aliphatic rings. The molecule has 0 amide bonds. The Labute approximate surface area is 60.2 Å². The Morgan fingerprint density at radius 1 is 1.67 bits per heavy atom. The van der Waals surface area contributed by atoms with Gasteiger partial charge in [0.05, 0.1) is 12.7 Å². The Balaban J connectivity index is 1.94. The van der Waals surface area contributed by atoms with Crippen LogP contribution in [0.1, 0.15) is 6.92 Å². The SMILES string of the molecule is CC1(C2[CH]CO2)CSC1. The zero-order chi connectivity index (χ0) is 6.32. The topological polar surface area (TPSA) is 9.23 Å². The van der Waals surface area contributed by atoms with E-state index in [-0.39, 0.29) is 0 Å². The minimum Gasteiger partial charge on any atom is -0.377 e. The highest BCUT2D eigenvalue weighted by Gasteiger charge is 2.44. The molecule has 0 spiro atoms. The molecule has 2 rings (SSSR count). The number of thioether (sulfide) groups is 1. The maximum Gasteiger partial charge on any atom is 0.0699 e. The largest absolute Gasteiger partial charge is 0.377 e. The highest BCUT2D eigenvalue weighted by Crippen LogP contribution is 2.44. The van der Waals surface area contributed by atoms with E-state index < -0.39 is 0 Å². The molecule has 0 bridgehead atoms. The van der Waals surface area contributed by atoms with Crippen molar-refractivity contribution in [1.29, 1.82) is 0 Å². The zero-order valence-corrected chi connectivity index (χ0v) is 6.41. The summed E-state index contributed by atoms with van der Waals surface area (Å²) >= 11 is 2.02. The molecule has 2 heteroatoms. The van der Waals surface area contributed by atoms with Crippen LogP contribution in [0.3, 0.4) is 0 Å². The molecule has 0 saturated carbocycles. The van der Waals surface area contributed by atoms with Gasteiger partial charge in [-0.2, -0.15) is 11.8 Å². The van der Waals surface area contributed by atoms with Crippen LogP contribution in [-0.2, 0) is 4.74 Å². The molecule has 0 N–H and O–H groups in total. The van der Waals surface area contributed by atoms with Crippen molar-refractivity contribution in [1.82, 2.24) is 0 Å². The molecule has 51 valence electrons. The summed E-state index contributed by atoms with van der Waals surface area (Å²) < 4.78 is 5.37. The second kappa shape index (κ2) is 1.89. The van der Waals surface area contributed by atoms with Gasteiger partial charge in [0, 0.05) is 23.3 Å². The summed E-state index contributed by atoms with van der Waals surface area (Å²) in [5.74, 6) is 2.57. The van der Waals surface area contributed by atoms with Crippen molar-refractivity contribution in [2.45, 2.75) is 13.0 Å². The quantitative estimate of drug-likeness (QED) is 0.548. The summed E-state index contributed by atoms with van der Waals surface area (Å²) in [6, 6.07) is 0. The second-order valence-electron chi connectivity index (χ2n) is 3.14. The number of hydrogen-bond acceptors (Lipinski definition) is 2. The first-order valence-electron chi connectivity index (χ1n) is 3.34. The van der Waals surface area contributed by atoms with Crippen LogP contribution in [0.5, 0.6) is 0 Å². The lowest BCUT2D eigenvalue weighted by atomic mass is 9.83. The molecule has 1 nitrogen and oxygen atoms in total. The minimum atomic E-state index is 0.485. The summed E-state index contributed by atoms with van der Waals surface area (Å²) in [6.45, 7) is 3.19. The van der Waals surface area contributed by atoms with E-state index in [1.54, 1.807) is 0 Å². The summed E-state index contributed by atoms with van der Waals surface area (Å²) in [6.07, 6.45) is 2.76. The number of hydrogen-bond donors (Lipinski definition) is 0. The lowest BCUT2D eigenvalue weighted by Crippen LogP contribution is -2.50. The standard InChI is InChI=1S/C7H11OS/c1-7(4-9-5-7)6-2-3-8-6/h2,6H,3-5H2,1H3. The van der Waals surface area contributed by atoms with Gasteiger partial charge in [-0.05, 0) is 0 Å². The Hall–Kier alpha value is 0.310. The molecule has 0 aromatic rings. The maximum atomic E-state index is 5.37. The highest BCUT2D eigenvalue weighted by atomic mass is 32.2. The molecule has 9 heavy (non-hydrogen) atoms. The average molecular weight is 143 g/mol. The van der Waals surface area contributed by atoms with Crippen LogP contribution in [0.25, 0.3) is 0 Å². The van der Waals surface area contributed by atoms with Crippen LogP contribution < -0.4 is 0 Å². The molecule has 2 saturated heterocycles. The molecule has 0 aromatic carbocycles. The summed E-state index contributed by atoms with van der Waals surface area (Å²) in [7, 11) is 0. The predicted octanol–water partition coefficient (Wildman–Crippen LogP) is 1.34. The van der Waals surface area contributed by atoms with Gasteiger partial charge in [0.1, 0.15) is 0 Å². The fourth-order valence-electron chi connectivity index (χ4n) is 1.27. The molecule has 1 radical (unpaired) electrons. The Morgan fingerprint density at radius 3 is 2.44 bits per heavy atom. The first-order chi connectivity index (χ1) is 4.31. The van der Waals surface area contributed by atoms with Crippen LogP contribution in [0.4, 0.5) is 0 Å². The summed E-state index contributed by atoms with van der Waals surface area (Å²) in [5.41, 5.74) is 0.503. The van der Waals surface area contributed by atoms with Crippen LogP contribution in [0.2, 0.25) is 0 Å². The third-order valence-electron chi connectivity index (χ3n) is 2.14. The third-order valence-corrected chi connectivity index (χ3v) is 3.86. The van der Waals surface area contributed by atoms with E-state index in [0.717, 1.165) is 6.61 Å². The minimum absolute atomic E-state index is 0.485. The molecule has 0 aliphatic carbocycles. The van der Waals surface area contributed by atoms with Crippen molar-refractivity contribution in [3.63, 3.8) is 0 Å². The van der Waals surface area contributed by atoms with E-state index >= 15 is 0 Å². The van der Waals surface area contributed by atoms with Crippen LogP contribution in [0, 0.1) is 11.8 Å².